The first kappa shape index (κ1) is 9.39. The zero-order chi connectivity index (χ0) is 10.0. The summed E-state index contributed by atoms with van der Waals surface area (Å²) >= 11 is 0. The number of alkyl halides is 2. The Kier molecular flexibility index (Phi) is 2.42. The van der Waals surface area contributed by atoms with Crippen molar-refractivity contribution >= 4 is 5.69 Å². The molecule has 0 radical (unpaired) electrons. The van der Waals surface area contributed by atoms with Crippen molar-refractivity contribution in [3.63, 3.8) is 0 Å². The van der Waals surface area contributed by atoms with E-state index in [1.54, 1.807) is 6.07 Å². The Hall–Kier alpha value is -1.70. The van der Waals surface area contributed by atoms with Gasteiger partial charge in [-0.1, -0.05) is 0 Å². The van der Waals surface area contributed by atoms with Crippen LogP contribution in [0.15, 0.2) is 6.07 Å². The van der Waals surface area contributed by atoms with E-state index in [1.165, 1.54) is 13.0 Å². The lowest BCUT2D eigenvalue weighted by Crippen LogP contribution is -2.01. The summed E-state index contributed by atoms with van der Waals surface area (Å²) in [5, 5.41) is 8.50. The summed E-state index contributed by atoms with van der Waals surface area (Å²) in [6.45, 7) is 1.52. The first-order valence-electron chi connectivity index (χ1n) is 3.51. The quantitative estimate of drug-likeness (QED) is 0.721. The second-order valence-corrected chi connectivity index (χ2v) is 2.51. The van der Waals surface area contributed by atoms with Gasteiger partial charge in [0.25, 0.3) is 6.43 Å². The van der Waals surface area contributed by atoms with E-state index in [1.807, 2.05) is 0 Å². The van der Waals surface area contributed by atoms with Crippen LogP contribution in [0.1, 0.15) is 23.4 Å². The minimum absolute atomic E-state index is 0.168. The van der Waals surface area contributed by atoms with Gasteiger partial charge >= 0.3 is 0 Å². The summed E-state index contributed by atoms with van der Waals surface area (Å²) in [6.07, 6.45) is -2.74. The third-order valence-electron chi connectivity index (χ3n) is 1.61. The Balaban J connectivity index is 3.35. The second-order valence-electron chi connectivity index (χ2n) is 2.51. The monoisotopic (exact) mass is 183 g/mol. The summed E-state index contributed by atoms with van der Waals surface area (Å²) in [6, 6.07) is 2.83. The van der Waals surface area contributed by atoms with Crippen LogP contribution in [0, 0.1) is 18.3 Å². The van der Waals surface area contributed by atoms with Crippen LogP contribution < -0.4 is 5.73 Å². The third-order valence-corrected chi connectivity index (χ3v) is 1.61. The number of rotatable bonds is 1. The van der Waals surface area contributed by atoms with Crippen molar-refractivity contribution in [2.75, 3.05) is 5.73 Å². The molecule has 3 nitrogen and oxygen atoms in total. The average molecular weight is 183 g/mol. The van der Waals surface area contributed by atoms with Crippen LogP contribution >= 0.6 is 0 Å². The van der Waals surface area contributed by atoms with Gasteiger partial charge in [0.15, 0.2) is 0 Å². The van der Waals surface area contributed by atoms with Crippen LogP contribution in [0.25, 0.3) is 0 Å². The van der Waals surface area contributed by atoms with Crippen LogP contribution in [0.5, 0.6) is 0 Å². The van der Waals surface area contributed by atoms with Gasteiger partial charge in [-0.15, -0.1) is 0 Å². The van der Waals surface area contributed by atoms with E-state index in [-0.39, 0.29) is 11.3 Å². The summed E-state index contributed by atoms with van der Waals surface area (Å²) < 4.78 is 24.5. The number of nitriles is 1. The molecule has 0 fully saturated rings. The Morgan fingerprint density at radius 3 is 2.69 bits per heavy atom. The van der Waals surface area contributed by atoms with Gasteiger partial charge in [0.1, 0.15) is 11.8 Å². The lowest BCUT2D eigenvalue weighted by Gasteiger charge is -2.05. The van der Waals surface area contributed by atoms with Crippen molar-refractivity contribution in [1.29, 1.82) is 5.26 Å². The fraction of sp³-hybridized carbons (Fsp3) is 0.250. The number of pyridine rings is 1. The first-order chi connectivity index (χ1) is 6.06. The SMILES string of the molecule is Cc1nc(C(F)F)c(C#N)cc1N. The number of nitrogen functional groups attached to an aromatic ring is 1. The number of aryl methyl sites for hydroxylation is 1. The van der Waals surface area contributed by atoms with Crippen molar-refractivity contribution < 1.29 is 8.78 Å². The second kappa shape index (κ2) is 3.35. The van der Waals surface area contributed by atoms with Gasteiger partial charge in [-0.3, -0.25) is 0 Å². The third kappa shape index (κ3) is 1.72. The van der Waals surface area contributed by atoms with E-state index in [0.717, 1.165) is 0 Å². The van der Waals surface area contributed by atoms with E-state index in [0.29, 0.717) is 5.69 Å². The molecule has 0 aromatic carbocycles. The zero-order valence-electron chi connectivity index (χ0n) is 6.88. The summed E-state index contributed by atoms with van der Waals surface area (Å²) in [5.41, 5.74) is 5.30. The zero-order valence-corrected chi connectivity index (χ0v) is 6.88. The molecular weight excluding hydrogens is 176 g/mol. The minimum atomic E-state index is -2.74. The molecule has 13 heavy (non-hydrogen) atoms. The molecule has 0 atom stereocenters. The molecular formula is C8H7F2N3. The van der Waals surface area contributed by atoms with Gasteiger partial charge in [0.2, 0.25) is 0 Å². The van der Waals surface area contributed by atoms with E-state index in [4.69, 9.17) is 11.0 Å². The number of hydrogen-bond acceptors (Lipinski definition) is 3. The highest BCUT2D eigenvalue weighted by molar-refractivity contribution is 5.50. The molecule has 1 rings (SSSR count). The maximum Gasteiger partial charge on any atom is 0.281 e. The predicted molar refractivity (Wildman–Crippen MR) is 43.1 cm³/mol. The largest absolute Gasteiger partial charge is 0.397 e. The molecule has 68 valence electrons. The van der Waals surface area contributed by atoms with E-state index in [9.17, 15) is 8.78 Å². The number of anilines is 1. The van der Waals surface area contributed by atoms with Gasteiger partial charge in [0, 0.05) is 0 Å². The van der Waals surface area contributed by atoms with Crippen molar-refractivity contribution in [2.24, 2.45) is 0 Å². The van der Waals surface area contributed by atoms with Crippen LogP contribution in [0.2, 0.25) is 0 Å². The number of nitrogens with zero attached hydrogens (tertiary/aromatic N) is 2. The summed E-state index contributed by atoms with van der Waals surface area (Å²) in [7, 11) is 0. The molecule has 1 aromatic rings. The highest BCUT2D eigenvalue weighted by Crippen LogP contribution is 2.23. The molecule has 0 amide bonds. The summed E-state index contributed by atoms with van der Waals surface area (Å²) in [5.74, 6) is 0. The van der Waals surface area contributed by atoms with E-state index in [2.05, 4.69) is 4.98 Å². The smallest absolute Gasteiger partial charge is 0.281 e. The van der Waals surface area contributed by atoms with E-state index >= 15 is 0 Å². The van der Waals surface area contributed by atoms with Crippen LogP contribution in [0.3, 0.4) is 0 Å². The number of aromatic nitrogens is 1. The molecule has 1 aromatic heterocycles. The van der Waals surface area contributed by atoms with Crippen LogP contribution in [-0.2, 0) is 0 Å². The average Bonchev–Trinajstić information content (AvgIpc) is 2.08. The first-order valence-corrected chi connectivity index (χ1v) is 3.51. The fourth-order valence-electron chi connectivity index (χ4n) is 0.895. The lowest BCUT2D eigenvalue weighted by molar-refractivity contribution is 0.145. The molecule has 0 saturated carbocycles. The van der Waals surface area contributed by atoms with E-state index < -0.39 is 12.1 Å². The molecule has 2 N–H and O–H groups in total. The summed E-state index contributed by atoms with van der Waals surface area (Å²) in [4.78, 5) is 3.55. The van der Waals surface area contributed by atoms with Crippen LogP contribution in [0.4, 0.5) is 14.5 Å². The van der Waals surface area contributed by atoms with Crippen molar-refractivity contribution in [1.82, 2.24) is 4.98 Å². The predicted octanol–water partition coefficient (Wildman–Crippen LogP) is 1.78. The molecule has 0 aliphatic rings. The molecule has 0 aliphatic heterocycles. The Morgan fingerprint density at radius 2 is 2.23 bits per heavy atom. The normalized spacial score (nSPS) is 10.1. The van der Waals surface area contributed by atoms with Crippen molar-refractivity contribution in [3.8, 4) is 6.07 Å². The highest BCUT2D eigenvalue weighted by Gasteiger charge is 2.16. The maximum absolute atomic E-state index is 12.3. The number of hydrogen-bond donors (Lipinski definition) is 1. The molecule has 1 heterocycles. The topological polar surface area (TPSA) is 62.7 Å². The lowest BCUT2D eigenvalue weighted by atomic mass is 10.1. The molecule has 5 heteroatoms. The van der Waals surface area contributed by atoms with Gasteiger partial charge < -0.3 is 5.73 Å². The van der Waals surface area contributed by atoms with Crippen molar-refractivity contribution in [2.45, 2.75) is 13.3 Å². The Morgan fingerprint density at radius 1 is 1.62 bits per heavy atom. The Labute approximate surface area is 73.8 Å². The molecule has 0 bridgehead atoms. The standard InChI is InChI=1S/C8H7F2N3/c1-4-6(12)2-5(3-11)7(13-4)8(9)10/h2,8H,12H2,1H3. The fourth-order valence-corrected chi connectivity index (χ4v) is 0.895. The van der Waals surface area contributed by atoms with Crippen LogP contribution in [-0.4, -0.2) is 4.98 Å². The van der Waals surface area contributed by atoms with Gasteiger partial charge in [-0.05, 0) is 13.0 Å². The number of nitrogens with two attached hydrogens (primary N) is 1. The van der Waals surface area contributed by atoms with Gasteiger partial charge in [-0.25, -0.2) is 13.8 Å². The minimum Gasteiger partial charge on any atom is -0.397 e. The maximum atomic E-state index is 12.3. The molecule has 0 spiro atoms. The van der Waals surface area contributed by atoms with Crippen molar-refractivity contribution in [3.05, 3.63) is 23.0 Å². The molecule has 0 saturated heterocycles. The Bertz CT molecular complexity index is 368. The highest BCUT2D eigenvalue weighted by atomic mass is 19.3. The number of halogens is 2. The van der Waals surface area contributed by atoms with Gasteiger partial charge in [-0.2, -0.15) is 5.26 Å². The molecule has 0 unspecified atom stereocenters. The molecule has 0 aliphatic carbocycles. The van der Waals surface area contributed by atoms with Gasteiger partial charge in [0.05, 0.1) is 16.9 Å².